The minimum atomic E-state index is -2.77. The number of ether oxygens (including phenoxy) is 4. The fourth-order valence-electron chi connectivity index (χ4n) is 14.5. The highest BCUT2D eigenvalue weighted by molar-refractivity contribution is 7.92. The van der Waals surface area contributed by atoms with Crippen LogP contribution >= 0.6 is 0 Å². The van der Waals surface area contributed by atoms with Crippen molar-refractivity contribution in [3.05, 3.63) is 167 Å². The van der Waals surface area contributed by atoms with Crippen molar-refractivity contribution in [1.29, 1.82) is 19.1 Å². The van der Waals surface area contributed by atoms with E-state index in [1.54, 1.807) is 0 Å². The molecule has 0 unspecified atom stereocenters. The fraction of sp³-hybridized carbons (Fsp3) is 0.474. The van der Waals surface area contributed by atoms with E-state index in [-0.39, 0.29) is 0 Å². The van der Waals surface area contributed by atoms with Crippen molar-refractivity contribution in [2.45, 2.75) is 97.1 Å². The molecule has 0 saturated carbocycles. The summed E-state index contributed by atoms with van der Waals surface area (Å²) in [5.74, 6) is 6.70. The third kappa shape index (κ3) is 18.7. The first-order valence-electron chi connectivity index (χ1n) is 36.9. The van der Waals surface area contributed by atoms with Gasteiger partial charge in [-0.05, 0) is 96.5 Å². The molecule has 576 valence electrons. The van der Waals surface area contributed by atoms with E-state index in [9.17, 15) is 16.8 Å². The van der Waals surface area contributed by atoms with Gasteiger partial charge in [0.25, 0.3) is 0 Å². The summed E-state index contributed by atoms with van der Waals surface area (Å²) in [6.45, 7) is 26.2. The summed E-state index contributed by atoms with van der Waals surface area (Å²) in [6, 6.07) is 27.7. The topological polar surface area (TPSA) is 330 Å². The first kappa shape index (κ1) is 77.4. The second kappa shape index (κ2) is 33.2. The number of nitrogens with one attached hydrogen (secondary N) is 4. The molecular formula is C76H100N20O8S4. The summed E-state index contributed by atoms with van der Waals surface area (Å²) in [4.78, 5) is 54.4. The quantitative estimate of drug-likeness (QED) is 0.0699. The van der Waals surface area contributed by atoms with Gasteiger partial charge in [0.1, 0.15) is 23.0 Å². The van der Waals surface area contributed by atoms with Gasteiger partial charge in [-0.25, -0.2) is 75.8 Å². The number of fused-ring (bicyclic) bond motifs is 4. The highest BCUT2D eigenvalue weighted by Crippen LogP contribution is 2.36. The molecule has 4 N–H and O–H groups in total. The van der Waals surface area contributed by atoms with Gasteiger partial charge in [-0.3, -0.25) is 19.6 Å². The van der Waals surface area contributed by atoms with Crippen LogP contribution in [0.1, 0.15) is 96.4 Å². The van der Waals surface area contributed by atoms with E-state index in [4.69, 9.17) is 38.1 Å². The van der Waals surface area contributed by atoms with Crippen molar-refractivity contribution in [3.63, 3.8) is 0 Å². The molecule has 4 saturated heterocycles. The molecular weight excluding hydrogens is 1450 g/mol. The molecule has 108 heavy (non-hydrogen) atoms. The van der Waals surface area contributed by atoms with Crippen molar-refractivity contribution in [1.82, 2.24) is 59.5 Å². The van der Waals surface area contributed by atoms with Gasteiger partial charge in [-0.15, -0.1) is 0 Å². The maximum absolute atomic E-state index is 11.8. The molecule has 4 aromatic heterocycles. The third-order valence-corrected chi connectivity index (χ3v) is 26.1. The Hall–Kier alpha value is -8.76. The summed E-state index contributed by atoms with van der Waals surface area (Å²) >= 11 is 0. The van der Waals surface area contributed by atoms with E-state index >= 15 is 0 Å². The maximum Gasteiger partial charge on any atom is 0.225 e. The Morgan fingerprint density at radius 3 is 0.639 bits per heavy atom. The standard InChI is InChI=1S/4C19H25N5O2S/c4*1-14(16-4-3-15-5-10-26-18(15)11-16)23-6-8-24(9-7-23)19-21-12-17(13-22-19)27(2,20)25/h4*3-4,11-14,20H,5-10H2,1-2H3/t2*14-,27+;2*14-,27-/m1010/s1. The van der Waals surface area contributed by atoms with Gasteiger partial charge < -0.3 is 38.5 Å². The molecule has 4 aromatic carbocycles. The Morgan fingerprint density at radius 1 is 0.296 bits per heavy atom. The largest absolute Gasteiger partial charge is 0.493 e. The van der Waals surface area contributed by atoms with Crippen LogP contribution in [0.15, 0.2) is 142 Å². The minimum Gasteiger partial charge on any atom is -0.493 e. The predicted octanol–water partition coefficient (Wildman–Crippen LogP) is 9.32. The molecule has 12 heterocycles. The number of aromatic nitrogens is 8. The zero-order chi connectivity index (χ0) is 76.1. The number of piperazine rings is 4. The van der Waals surface area contributed by atoms with Gasteiger partial charge in [0.15, 0.2) is 0 Å². The molecule has 4 fully saturated rings. The predicted molar refractivity (Wildman–Crippen MR) is 420 cm³/mol. The molecule has 0 aliphatic carbocycles. The second-order valence-corrected chi connectivity index (χ2v) is 37.5. The number of nitrogens with zero attached hydrogens (tertiary/aromatic N) is 16. The van der Waals surface area contributed by atoms with Crippen LogP contribution in [0.3, 0.4) is 0 Å². The average Bonchev–Trinajstić information content (AvgIpc) is 1.83. The third-order valence-electron chi connectivity index (χ3n) is 21.6. The summed E-state index contributed by atoms with van der Waals surface area (Å²) < 4.78 is 100. The van der Waals surface area contributed by atoms with Gasteiger partial charge in [0.2, 0.25) is 23.8 Å². The Balaban J connectivity index is 0.000000127. The van der Waals surface area contributed by atoms with E-state index in [0.29, 0.717) is 67.5 Å². The molecule has 0 bridgehead atoms. The first-order valence-corrected chi connectivity index (χ1v) is 44.8. The van der Waals surface area contributed by atoms with Crippen molar-refractivity contribution < 1.29 is 35.8 Å². The van der Waals surface area contributed by atoms with Gasteiger partial charge in [0, 0.05) is 229 Å². The van der Waals surface area contributed by atoms with Gasteiger partial charge in [0.05, 0.1) is 84.9 Å². The lowest BCUT2D eigenvalue weighted by Crippen LogP contribution is -2.47. The van der Waals surface area contributed by atoms with Gasteiger partial charge >= 0.3 is 0 Å². The molecule has 0 amide bonds. The van der Waals surface area contributed by atoms with Crippen LogP contribution in [0.4, 0.5) is 23.8 Å². The van der Waals surface area contributed by atoms with Crippen LogP contribution in [-0.4, -0.2) is 232 Å². The summed E-state index contributed by atoms with van der Waals surface area (Å²) in [6.07, 6.45) is 21.7. The Kier molecular flexibility index (Phi) is 23.8. The monoisotopic (exact) mass is 1550 g/mol. The molecule has 28 nitrogen and oxygen atoms in total. The van der Waals surface area contributed by atoms with E-state index in [2.05, 4.69) is 180 Å². The second-order valence-electron chi connectivity index (χ2n) is 28.9. The van der Waals surface area contributed by atoms with E-state index < -0.39 is 38.9 Å². The van der Waals surface area contributed by atoms with E-state index in [1.165, 1.54) is 119 Å². The molecule has 8 atom stereocenters. The first-order chi connectivity index (χ1) is 51.7. The molecule has 0 spiro atoms. The van der Waals surface area contributed by atoms with Crippen molar-refractivity contribution in [2.24, 2.45) is 0 Å². The van der Waals surface area contributed by atoms with Crippen LogP contribution < -0.4 is 38.5 Å². The molecule has 8 aliphatic rings. The van der Waals surface area contributed by atoms with Crippen LogP contribution in [0, 0.1) is 19.1 Å². The number of hydrogen-bond acceptors (Lipinski definition) is 28. The van der Waals surface area contributed by atoms with Crippen LogP contribution in [-0.2, 0) is 64.6 Å². The minimum absolute atomic E-state index is 0.332. The molecule has 32 heteroatoms. The zero-order valence-corrected chi connectivity index (χ0v) is 66.1. The fourth-order valence-corrected chi connectivity index (χ4v) is 16.6. The summed E-state index contributed by atoms with van der Waals surface area (Å²) in [5.41, 5.74) is 10.4. The summed E-state index contributed by atoms with van der Waals surface area (Å²) in [5, 5.41) is 0. The molecule has 8 aromatic rings. The highest BCUT2D eigenvalue weighted by atomic mass is 32.2. The highest BCUT2D eigenvalue weighted by Gasteiger charge is 2.31. The molecule has 16 rings (SSSR count). The number of anilines is 4. The zero-order valence-electron chi connectivity index (χ0n) is 62.9. The smallest absolute Gasteiger partial charge is 0.225 e. The normalized spacial score (nSPS) is 20.6. The van der Waals surface area contributed by atoms with Crippen molar-refractivity contribution in [3.8, 4) is 23.0 Å². The van der Waals surface area contributed by atoms with Gasteiger partial charge in [-0.1, -0.05) is 48.5 Å². The van der Waals surface area contributed by atoms with Crippen molar-refractivity contribution in [2.75, 3.05) is 176 Å². The Labute approximate surface area is 636 Å². The Bertz CT molecular complexity index is 4310. The molecule has 8 aliphatic heterocycles. The average molecular weight is 1550 g/mol. The number of hydrogen-bond donors (Lipinski definition) is 4. The number of benzene rings is 4. The van der Waals surface area contributed by atoms with Crippen LogP contribution in [0.2, 0.25) is 0 Å². The lowest BCUT2D eigenvalue weighted by atomic mass is 10.0. The summed E-state index contributed by atoms with van der Waals surface area (Å²) in [7, 11) is -11.1. The van der Waals surface area contributed by atoms with Gasteiger partial charge in [-0.2, -0.15) is 0 Å². The van der Waals surface area contributed by atoms with E-state index in [1.807, 2.05) is 0 Å². The van der Waals surface area contributed by atoms with Crippen LogP contribution in [0.5, 0.6) is 23.0 Å². The molecule has 0 radical (unpaired) electrons. The lowest BCUT2D eigenvalue weighted by Gasteiger charge is -2.38. The SMILES string of the molecule is C[C@@H](c1ccc2c(c1)OCC2)N1CCN(c2ncc([S@@](C)(=N)=O)cn2)CC1.C[C@@H](c1ccc2c(c1)OCC2)N1CCN(c2ncc([S@](C)(=N)=O)cn2)CC1.C[C@H](c1ccc2c(c1)OCC2)N1CCN(c2ncc([S@@](C)(=N)=O)cn2)CC1.C[C@H](c1ccc2c(c1)OCC2)N1CCN(c2ncc([S@](C)(=N)=O)cn2)CC1. The Morgan fingerprint density at radius 2 is 0.472 bits per heavy atom. The number of rotatable bonds is 16. The van der Waals surface area contributed by atoms with E-state index in [0.717, 1.165) is 180 Å². The van der Waals surface area contributed by atoms with Crippen LogP contribution in [0.25, 0.3) is 0 Å². The van der Waals surface area contributed by atoms with Crippen molar-refractivity contribution >= 4 is 62.7 Å². The maximum atomic E-state index is 11.8. The lowest BCUT2D eigenvalue weighted by molar-refractivity contribution is 0.197.